The molecule has 0 bridgehead atoms. The smallest absolute Gasteiger partial charge is 0.116 e. The van der Waals surface area contributed by atoms with Crippen molar-refractivity contribution < 1.29 is 0 Å². The van der Waals surface area contributed by atoms with E-state index in [2.05, 4.69) is 69.1 Å². The fraction of sp³-hybridized carbons (Fsp3) is 0.667. The van der Waals surface area contributed by atoms with Crippen LogP contribution in [0.15, 0.2) is 17.8 Å². The summed E-state index contributed by atoms with van der Waals surface area (Å²) >= 11 is 1.88. The third-order valence-corrected chi connectivity index (χ3v) is 4.75. The van der Waals surface area contributed by atoms with Crippen LogP contribution < -0.4 is 0 Å². The van der Waals surface area contributed by atoms with Crippen molar-refractivity contribution in [3.63, 3.8) is 0 Å². The monoisotopic (exact) mass is 306 g/mol. The lowest BCUT2D eigenvalue weighted by Gasteiger charge is -2.22. The van der Waals surface area contributed by atoms with Gasteiger partial charge in [0, 0.05) is 16.9 Å². The Morgan fingerprint density at radius 3 is 2.48 bits per heavy atom. The molecule has 1 heterocycles. The molecule has 0 N–H and O–H groups in total. The van der Waals surface area contributed by atoms with Crippen molar-refractivity contribution in [2.75, 3.05) is 5.75 Å². The summed E-state index contributed by atoms with van der Waals surface area (Å²) in [4.78, 5) is 8.69. The van der Waals surface area contributed by atoms with Crippen LogP contribution in [0.2, 0.25) is 0 Å². The number of thioether (sulfide) groups is 1. The fourth-order valence-corrected chi connectivity index (χ4v) is 2.92. The van der Waals surface area contributed by atoms with Crippen LogP contribution in [0.25, 0.3) is 6.08 Å². The Balaban J connectivity index is 2.54. The lowest BCUT2D eigenvalue weighted by Crippen LogP contribution is -2.14. The number of aromatic nitrogens is 2. The van der Waals surface area contributed by atoms with Gasteiger partial charge in [-0.15, -0.1) is 11.8 Å². The molecule has 0 aromatic carbocycles. The third kappa shape index (κ3) is 7.12. The van der Waals surface area contributed by atoms with Crippen LogP contribution in [0.1, 0.15) is 72.2 Å². The highest BCUT2D eigenvalue weighted by molar-refractivity contribution is 8.02. The summed E-state index contributed by atoms with van der Waals surface area (Å²) in [6.45, 7) is 13.5. The zero-order chi connectivity index (χ0) is 15.9. The summed E-state index contributed by atoms with van der Waals surface area (Å²) in [7, 11) is 0. The molecule has 0 atom stereocenters. The van der Waals surface area contributed by atoms with Crippen LogP contribution >= 0.6 is 11.8 Å². The first-order valence-corrected chi connectivity index (χ1v) is 8.90. The lowest BCUT2D eigenvalue weighted by molar-refractivity contribution is 0.373. The van der Waals surface area contributed by atoms with Crippen molar-refractivity contribution in [3.8, 4) is 0 Å². The number of hydrogen-bond acceptors (Lipinski definition) is 3. The second-order valence-corrected chi connectivity index (χ2v) is 8.35. The van der Waals surface area contributed by atoms with E-state index in [0.29, 0.717) is 5.41 Å². The van der Waals surface area contributed by atoms with E-state index in [1.54, 1.807) is 6.33 Å². The average Bonchev–Trinajstić information content (AvgIpc) is 2.41. The maximum absolute atomic E-state index is 4.36. The highest BCUT2D eigenvalue weighted by Crippen LogP contribution is 2.28. The van der Waals surface area contributed by atoms with Gasteiger partial charge in [-0.2, -0.15) is 0 Å². The van der Waals surface area contributed by atoms with E-state index in [-0.39, 0.29) is 5.41 Å². The van der Waals surface area contributed by atoms with Gasteiger partial charge >= 0.3 is 0 Å². The molecule has 0 aliphatic rings. The minimum atomic E-state index is 0.0703. The minimum absolute atomic E-state index is 0.0703. The molecule has 118 valence electrons. The van der Waals surface area contributed by atoms with E-state index in [9.17, 15) is 0 Å². The first-order chi connectivity index (χ1) is 9.74. The Hall–Kier alpha value is -0.830. The van der Waals surface area contributed by atoms with Gasteiger partial charge in [-0.05, 0) is 29.4 Å². The first kappa shape index (κ1) is 18.2. The molecular formula is C18H30N2S. The Morgan fingerprint density at radius 1 is 1.14 bits per heavy atom. The van der Waals surface area contributed by atoms with Gasteiger partial charge in [-0.1, -0.05) is 54.4 Å². The van der Waals surface area contributed by atoms with Crippen molar-refractivity contribution in [1.29, 1.82) is 0 Å². The fourth-order valence-electron chi connectivity index (χ4n) is 1.99. The molecule has 3 heteroatoms. The highest BCUT2D eigenvalue weighted by Gasteiger charge is 2.17. The van der Waals surface area contributed by atoms with E-state index in [0.717, 1.165) is 17.1 Å². The maximum Gasteiger partial charge on any atom is 0.116 e. The molecule has 1 rings (SSSR count). The molecule has 0 fully saturated rings. The normalized spacial score (nSPS) is 13.0. The summed E-state index contributed by atoms with van der Waals surface area (Å²) in [5.74, 6) is 1.15. The molecule has 21 heavy (non-hydrogen) atoms. The third-order valence-electron chi connectivity index (χ3n) is 3.47. The van der Waals surface area contributed by atoms with Gasteiger partial charge in [0.1, 0.15) is 6.33 Å². The van der Waals surface area contributed by atoms with Crippen molar-refractivity contribution in [1.82, 2.24) is 9.97 Å². The Morgan fingerprint density at radius 2 is 1.86 bits per heavy atom. The number of hydrogen-bond donors (Lipinski definition) is 0. The largest absolute Gasteiger partial charge is 0.241 e. The zero-order valence-electron chi connectivity index (χ0n) is 14.4. The van der Waals surface area contributed by atoms with Crippen LogP contribution in [0.3, 0.4) is 0 Å². The number of rotatable bonds is 7. The van der Waals surface area contributed by atoms with Crippen molar-refractivity contribution >= 4 is 17.8 Å². The van der Waals surface area contributed by atoms with Gasteiger partial charge in [0.2, 0.25) is 0 Å². The Bertz CT molecular complexity index is 459. The topological polar surface area (TPSA) is 25.8 Å². The predicted molar refractivity (Wildman–Crippen MR) is 95.5 cm³/mol. The maximum atomic E-state index is 4.36. The SMILES string of the molecule is CCCCC(C)(C)CS/C=C/c1cc(C(C)(C)C)ncn1. The predicted octanol–water partition coefficient (Wildman–Crippen LogP) is 5.69. The Labute approximate surface area is 134 Å². The summed E-state index contributed by atoms with van der Waals surface area (Å²) < 4.78 is 0. The molecule has 0 aliphatic heterocycles. The van der Waals surface area contributed by atoms with E-state index in [4.69, 9.17) is 0 Å². The van der Waals surface area contributed by atoms with Gasteiger partial charge in [0.25, 0.3) is 0 Å². The molecule has 0 aliphatic carbocycles. The van der Waals surface area contributed by atoms with Gasteiger partial charge in [-0.3, -0.25) is 0 Å². The molecule has 1 aromatic rings. The second-order valence-electron chi connectivity index (χ2n) is 7.46. The molecule has 1 aromatic heterocycles. The van der Waals surface area contributed by atoms with Crippen LogP contribution in [0.4, 0.5) is 0 Å². The molecular weight excluding hydrogens is 276 g/mol. The van der Waals surface area contributed by atoms with E-state index < -0.39 is 0 Å². The number of nitrogens with zero attached hydrogens (tertiary/aromatic N) is 2. The quantitative estimate of drug-likeness (QED) is 0.646. The van der Waals surface area contributed by atoms with E-state index >= 15 is 0 Å². The first-order valence-electron chi connectivity index (χ1n) is 7.85. The molecule has 0 spiro atoms. The molecule has 0 unspecified atom stereocenters. The summed E-state index contributed by atoms with van der Waals surface area (Å²) in [6.07, 6.45) is 7.65. The average molecular weight is 307 g/mol. The number of unbranched alkanes of at least 4 members (excludes halogenated alkanes) is 1. The van der Waals surface area contributed by atoms with Crippen molar-refractivity contribution in [3.05, 3.63) is 29.2 Å². The summed E-state index contributed by atoms with van der Waals surface area (Å²) in [5, 5.41) is 2.17. The van der Waals surface area contributed by atoms with Crippen molar-refractivity contribution in [2.24, 2.45) is 5.41 Å². The van der Waals surface area contributed by atoms with Gasteiger partial charge in [0.05, 0.1) is 5.69 Å². The molecule has 0 saturated carbocycles. The van der Waals surface area contributed by atoms with Crippen LogP contribution in [-0.2, 0) is 5.41 Å². The van der Waals surface area contributed by atoms with E-state index in [1.165, 1.54) is 19.3 Å². The molecule has 2 nitrogen and oxygen atoms in total. The second kappa shape index (κ2) is 7.98. The molecule has 0 radical (unpaired) electrons. The van der Waals surface area contributed by atoms with Crippen molar-refractivity contribution in [2.45, 2.75) is 66.2 Å². The Kier molecular flexibility index (Phi) is 6.92. The van der Waals surface area contributed by atoms with Gasteiger partial charge < -0.3 is 0 Å². The lowest BCUT2D eigenvalue weighted by atomic mass is 9.90. The molecule has 0 amide bonds. The summed E-state index contributed by atoms with van der Waals surface area (Å²) in [6, 6.07) is 2.08. The standard InChI is InChI=1S/C18H30N2S/c1-7-8-10-18(5,6)13-21-11-9-15-12-16(17(2,3)4)20-14-19-15/h9,11-12,14H,7-8,10,13H2,1-6H3/b11-9+. The zero-order valence-corrected chi connectivity index (χ0v) is 15.3. The van der Waals surface area contributed by atoms with Gasteiger partial charge in [0.15, 0.2) is 0 Å². The van der Waals surface area contributed by atoms with Gasteiger partial charge in [-0.25, -0.2) is 9.97 Å². The summed E-state index contributed by atoms with van der Waals surface area (Å²) in [5.41, 5.74) is 2.56. The van der Waals surface area contributed by atoms with Crippen LogP contribution in [0.5, 0.6) is 0 Å². The molecule has 0 saturated heterocycles. The minimum Gasteiger partial charge on any atom is -0.241 e. The van der Waals surface area contributed by atoms with Crippen LogP contribution in [-0.4, -0.2) is 15.7 Å². The highest BCUT2D eigenvalue weighted by atomic mass is 32.2. The van der Waals surface area contributed by atoms with E-state index in [1.807, 2.05) is 11.8 Å². The van der Waals surface area contributed by atoms with Crippen LogP contribution in [0, 0.1) is 5.41 Å².